The second-order valence-electron chi connectivity index (χ2n) is 5.26. The standard InChI is InChI=1S/C15H20N2O/c1-11-10-18-14-6-2-5-13(15(11)14)17-7-3-4-12(8-16)9-17/h2,5-6,10,12H,3-4,7-9,16H2,1H3. The third-order valence-electron chi connectivity index (χ3n) is 3.95. The molecule has 1 atom stereocenters. The smallest absolute Gasteiger partial charge is 0.136 e. The van der Waals surface area contributed by atoms with Gasteiger partial charge in [0.05, 0.1) is 6.26 Å². The summed E-state index contributed by atoms with van der Waals surface area (Å²) in [6.45, 7) is 5.09. The average Bonchev–Trinajstić information content (AvgIpc) is 2.81. The first kappa shape index (κ1) is 11.6. The van der Waals surface area contributed by atoms with E-state index in [1.165, 1.54) is 29.5 Å². The molecule has 0 aliphatic carbocycles. The molecule has 96 valence electrons. The molecule has 2 N–H and O–H groups in total. The van der Waals surface area contributed by atoms with Crippen molar-refractivity contribution in [3.63, 3.8) is 0 Å². The summed E-state index contributed by atoms with van der Waals surface area (Å²) in [7, 11) is 0. The van der Waals surface area contributed by atoms with Gasteiger partial charge >= 0.3 is 0 Å². The van der Waals surface area contributed by atoms with Gasteiger partial charge in [-0.15, -0.1) is 0 Å². The summed E-state index contributed by atoms with van der Waals surface area (Å²) < 4.78 is 5.58. The van der Waals surface area contributed by atoms with E-state index < -0.39 is 0 Å². The van der Waals surface area contributed by atoms with Crippen LogP contribution in [0.25, 0.3) is 11.0 Å². The summed E-state index contributed by atoms with van der Waals surface area (Å²) in [5.41, 5.74) is 9.33. The van der Waals surface area contributed by atoms with Gasteiger partial charge in [-0.2, -0.15) is 0 Å². The van der Waals surface area contributed by atoms with Crippen LogP contribution in [0.2, 0.25) is 0 Å². The number of nitrogens with zero attached hydrogens (tertiary/aromatic N) is 1. The SMILES string of the molecule is Cc1coc2cccc(N3CCCC(CN)C3)c12. The number of hydrogen-bond donors (Lipinski definition) is 1. The zero-order valence-corrected chi connectivity index (χ0v) is 10.9. The maximum atomic E-state index is 5.82. The minimum atomic E-state index is 0.626. The Morgan fingerprint density at radius 3 is 3.17 bits per heavy atom. The van der Waals surface area contributed by atoms with Crippen LogP contribution >= 0.6 is 0 Å². The van der Waals surface area contributed by atoms with Crippen LogP contribution in [-0.4, -0.2) is 19.6 Å². The summed E-state index contributed by atoms with van der Waals surface area (Å²) in [6.07, 6.45) is 4.33. The van der Waals surface area contributed by atoms with E-state index in [4.69, 9.17) is 10.2 Å². The molecule has 1 fully saturated rings. The number of benzene rings is 1. The Hall–Kier alpha value is -1.48. The van der Waals surface area contributed by atoms with Crippen molar-refractivity contribution in [3.05, 3.63) is 30.0 Å². The van der Waals surface area contributed by atoms with Crippen LogP contribution in [0.15, 0.2) is 28.9 Å². The van der Waals surface area contributed by atoms with Crippen LogP contribution in [0, 0.1) is 12.8 Å². The molecule has 0 radical (unpaired) electrons. The van der Waals surface area contributed by atoms with E-state index in [0.717, 1.165) is 25.2 Å². The fraction of sp³-hybridized carbons (Fsp3) is 0.467. The first-order chi connectivity index (χ1) is 8.79. The molecule has 3 nitrogen and oxygen atoms in total. The summed E-state index contributed by atoms with van der Waals surface area (Å²) in [5, 5.41) is 1.26. The molecule has 18 heavy (non-hydrogen) atoms. The van der Waals surface area contributed by atoms with E-state index >= 15 is 0 Å². The number of rotatable bonds is 2. The molecule has 3 rings (SSSR count). The van der Waals surface area contributed by atoms with Crippen LogP contribution in [0.5, 0.6) is 0 Å². The first-order valence-electron chi connectivity index (χ1n) is 6.71. The predicted molar refractivity (Wildman–Crippen MR) is 74.9 cm³/mol. The quantitative estimate of drug-likeness (QED) is 0.883. The number of nitrogens with two attached hydrogens (primary N) is 1. The van der Waals surface area contributed by atoms with Gasteiger partial charge < -0.3 is 15.1 Å². The number of aryl methyl sites for hydroxylation is 1. The molecule has 1 aliphatic rings. The number of hydrogen-bond acceptors (Lipinski definition) is 3. The monoisotopic (exact) mass is 244 g/mol. The van der Waals surface area contributed by atoms with Crippen molar-refractivity contribution in [3.8, 4) is 0 Å². The van der Waals surface area contributed by atoms with Crippen molar-refractivity contribution in [2.75, 3.05) is 24.5 Å². The summed E-state index contributed by atoms with van der Waals surface area (Å²) in [4.78, 5) is 2.46. The Kier molecular flexibility index (Phi) is 3.00. The zero-order valence-electron chi connectivity index (χ0n) is 10.9. The lowest BCUT2D eigenvalue weighted by atomic mass is 9.97. The van der Waals surface area contributed by atoms with Crippen LogP contribution in [-0.2, 0) is 0 Å². The van der Waals surface area contributed by atoms with Gasteiger partial charge in [0, 0.05) is 24.2 Å². The van der Waals surface area contributed by atoms with Gasteiger partial charge in [-0.25, -0.2) is 0 Å². The molecule has 1 unspecified atom stereocenters. The Labute approximate surface area is 108 Å². The third kappa shape index (κ3) is 1.89. The number of fused-ring (bicyclic) bond motifs is 1. The van der Waals surface area contributed by atoms with Crippen LogP contribution in [0.1, 0.15) is 18.4 Å². The Balaban J connectivity index is 2.00. The van der Waals surface area contributed by atoms with E-state index in [1.807, 2.05) is 12.3 Å². The minimum Gasteiger partial charge on any atom is -0.464 e. The van der Waals surface area contributed by atoms with E-state index in [0.29, 0.717) is 5.92 Å². The average molecular weight is 244 g/mol. The summed E-state index contributed by atoms with van der Waals surface area (Å²) in [5.74, 6) is 0.626. The van der Waals surface area contributed by atoms with E-state index in [9.17, 15) is 0 Å². The third-order valence-corrected chi connectivity index (χ3v) is 3.95. The zero-order chi connectivity index (χ0) is 12.5. The van der Waals surface area contributed by atoms with Crippen LogP contribution < -0.4 is 10.6 Å². The van der Waals surface area contributed by atoms with Gasteiger partial charge in [0.2, 0.25) is 0 Å². The van der Waals surface area contributed by atoms with Gasteiger partial charge in [-0.1, -0.05) is 6.07 Å². The number of furan rings is 1. The van der Waals surface area contributed by atoms with Gasteiger partial charge in [0.25, 0.3) is 0 Å². The van der Waals surface area contributed by atoms with Crippen molar-refractivity contribution in [1.82, 2.24) is 0 Å². The molecule has 0 amide bonds. The summed E-state index contributed by atoms with van der Waals surface area (Å²) in [6, 6.07) is 6.31. The molecule has 0 bridgehead atoms. The molecular formula is C15H20N2O. The van der Waals surface area contributed by atoms with Gasteiger partial charge in [-0.3, -0.25) is 0 Å². The lowest BCUT2D eigenvalue weighted by Crippen LogP contribution is -2.38. The van der Waals surface area contributed by atoms with E-state index in [2.05, 4.69) is 24.0 Å². The van der Waals surface area contributed by atoms with E-state index in [1.54, 1.807) is 0 Å². The fourth-order valence-electron chi connectivity index (χ4n) is 2.96. The van der Waals surface area contributed by atoms with Gasteiger partial charge in [0.15, 0.2) is 0 Å². The molecule has 1 aromatic carbocycles. The van der Waals surface area contributed by atoms with Crippen LogP contribution in [0.3, 0.4) is 0 Å². The fourth-order valence-corrected chi connectivity index (χ4v) is 2.96. The number of anilines is 1. The van der Waals surface area contributed by atoms with Crippen LogP contribution in [0.4, 0.5) is 5.69 Å². The van der Waals surface area contributed by atoms with Crippen molar-refractivity contribution < 1.29 is 4.42 Å². The van der Waals surface area contributed by atoms with E-state index in [-0.39, 0.29) is 0 Å². The van der Waals surface area contributed by atoms with Crippen molar-refractivity contribution >= 4 is 16.7 Å². The second kappa shape index (κ2) is 4.65. The largest absolute Gasteiger partial charge is 0.464 e. The maximum Gasteiger partial charge on any atom is 0.136 e. The first-order valence-corrected chi connectivity index (χ1v) is 6.71. The lowest BCUT2D eigenvalue weighted by molar-refractivity contribution is 0.424. The Bertz CT molecular complexity index is 546. The molecule has 1 aliphatic heterocycles. The number of piperidine rings is 1. The highest BCUT2D eigenvalue weighted by atomic mass is 16.3. The highest BCUT2D eigenvalue weighted by Crippen LogP contribution is 2.33. The molecule has 0 spiro atoms. The highest BCUT2D eigenvalue weighted by molar-refractivity contribution is 5.93. The van der Waals surface area contributed by atoms with Crippen molar-refractivity contribution in [2.45, 2.75) is 19.8 Å². The normalized spacial score (nSPS) is 20.6. The topological polar surface area (TPSA) is 42.4 Å². The molecule has 0 saturated carbocycles. The molecule has 3 heteroatoms. The molecule has 1 aromatic heterocycles. The Morgan fingerprint density at radius 2 is 2.33 bits per heavy atom. The highest BCUT2D eigenvalue weighted by Gasteiger charge is 2.21. The van der Waals surface area contributed by atoms with Gasteiger partial charge in [0.1, 0.15) is 5.58 Å². The van der Waals surface area contributed by atoms with Gasteiger partial charge in [-0.05, 0) is 49.9 Å². The lowest BCUT2D eigenvalue weighted by Gasteiger charge is -2.34. The summed E-state index contributed by atoms with van der Waals surface area (Å²) >= 11 is 0. The van der Waals surface area contributed by atoms with Crippen molar-refractivity contribution in [1.29, 1.82) is 0 Å². The second-order valence-corrected chi connectivity index (χ2v) is 5.26. The molecule has 2 aromatic rings. The molecule has 1 saturated heterocycles. The van der Waals surface area contributed by atoms with Crippen molar-refractivity contribution in [2.24, 2.45) is 11.7 Å². The maximum absolute atomic E-state index is 5.82. The Morgan fingerprint density at radius 1 is 1.44 bits per heavy atom. The molecule has 2 heterocycles. The minimum absolute atomic E-state index is 0.626. The molecular weight excluding hydrogens is 224 g/mol. The predicted octanol–water partition coefficient (Wildman–Crippen LogP) is 2.92.